The highest BCUT2D eigenvalue weighted by molar-refractivity contribution is 7.57. The standard InChI is InChI=1S/C12H27O2P/c1-6-7-8-15(13,14)10-11(2)9-12(3,4)5/h11H,6-10H2,1-5H3,(H,13,14). The molecular formula is C12H27O2P. The molecular weight excluding hydrogens is 207 g/mol. The summed E-state index contributed by atoms with van der Waals surface area (Å²) in [7, 11) is -2.85. The van der Waals surface area contributed by atoms with Crippen LogP contribution in [0.25, 0.3) is 0 Å². The topological polar surface area (TPSA) is 37.3 Å². The lowest BCUT2D eigenvalue weighted by Crippen LogP contribution is -2.14. The summed E-state index contributed by atoms with van der Waals surface area (Å²) in [5, 5.41) is 0. The van der Waals surface area contributed by atoms with Gasteiger partial charge in [-0.3, -0.25) is 4.57 Å². The molecule has 0 aromatic rings. The van der Waals surface area contributed by atoms with Gasteiger partial charge in [-0.05, 0) is 24.2 Å². The molecule has 0 aromatic heterocycles. The van der Waals surface area contributed by atoms with Crippen LogP contribution >= 0.6 is 7.37 Å². The van der Waals surface area contributed by atoms with Crippen LogP contribution < -0.4 is 0 Å². The number of hydrogen-bond donors (Lipinski definition) is 1. The van der Waals surface area contributed by atoms with Crippen molar-refractivity contribution in [2.75, 3.05) is 12.3 Å². The van der Waals surface area contributed by atoms with Crippen LogP contribution in [0.15, 0.2) is 0 Å². The van der Waals surface area contributed by atoms with Crippen molar-refractivity contribution in [2.45, 2.75) is 53.9 Å². The first-order valence-electron chi connectivity index (χ1n) is 5.97. The predicted octanol–water partition coefficient (Wildman–Crippen LogP) is 4.13. The molecule has 0 saturated heterocycles. The molecule has 3 heteroatoms. The maximum atomic E-state index is 11.8. The van der Waals surface area contributed by atoms with Gasteiger partial charge >= 0.3 is 0 Å². The zero-order valence-electron chi connectivity index (χ0n) is 10.9. The number of unbranched alkanes of at least 4 members (excludes halogenated alkanes) is 1. The summed E-state index contributed by atoms with van der Waals surface area (Å²) in [6, 6.07) is 0. The minimum Gasteiger partial charge on any atom is -0.344 e. The fourth-order valence-electron chi connectivity index (χ4n) is 2.09. The second kappa shape index (κ2) is 6.06. The largest absolute Gasteiger partial charge is 0.344 e. The van der Waals surface area contributed by atoms with Gasteiger partial charge in [-0.25, -0.2) is 0 Å². The lowest BCUT2D eigenvalue weighted by molar-refractivity contribution is 0.317. The van der Waals surface area contributed by atoms with Crippen LogP contribution in [0.1, 0.15) is 53.9 Å². The van der Waals surface area contributed by atoms with E-state index >= 15 is 0 Å². The molecule has 2 nitrogen and oxygen atoms in total. The van der Waals surface area contributed by atoms with Gasteiger partial charge < -0.3 is 4.89 Å². The minimum atomic E-state index is -2.85. The Hall–Kier alpha value is 0.190. The summed E-state index contributed by atoms with van der Waals surface area (Å²) >= 11 is 0. The van der Waals surface area contributed by atoms with Crippen LogP contribution in [0.5, 0.6) is 0 Å². The van der Waals surface area contributed by atoms with E-state index in [0.717, 1.165) is 19.3 Å². The Morgan fingerprint density at radius 2 is 1.87 bits per heavy atom. The van der Waals surface area contributed by atoms with Gasteiger partial charge in [0.05, 0.1) is 0 Å². The molecule has 15 heavy (non-hydrogen) atoms. The molecule has 0 bridgehead atoms. The van der Waals surface area contributed by atoms with Gasteiger partial charge in [-0.1, -0.05) is 41.0 Å². The summed E-state index contributed by atoms with van der Waals surface area (Å²) in [6.45, 7) is 10.7. The molecule has 0 radical (unpaired) electrons. The van der Waals surface area contributed by atoms with E-state index in [0.29, 0.717) is 18.2 Å². The Bertz CT molecular complexity index is 218. The van der Waals surface area contributed by atoms with E-state index in [-0.39, 0.29) is 5.41 Å². The highest BCUT2D eigenvalue weighted by Gasteiger charge is 2.24. The van der Waals surface area contributed by atoms with Crippen molar-refractivity contribution in [3.63, 3.8) is 0 Å². The first kappa shape index (κ1) is 15.2. The Balaban J connectivity index is 4.04. The zero-order chi connectivity index (χ0) is 12.1. The Labute approximate surface area is 94.9 Å². The molecule has 0 fully saturated rings. The van der Waals surface area contributed by atoms with Crippen LogP contribution in [-0.2, 0) is 4.57 Å². The SMILES string of the molecule is CCCCP(=O)(O)CC(C)CC(C)(C)C. The van der Waals surface area contributed by atoms with E-state index in [1.165, 1.54) is 0 Å². The summed E-state index contributed by atoms with van der Waals surface area (Å²) in [5.41, 5.74) is 0.254. The minimum absolute atomic E-state index is 0.254. The zero-order valence-corrected chi connectivity index (χ0v) is 11.8. The summed E-state index contributed by atoms with van der Waals surface area (Å²) < 4.78 is 11.8. The van der Waals surface area contributed by atoms with E-state index in [1.54, 1.807) is 0 Å². The fraction of sp³-hybridized carbons (Fsp3) is 1.00. The van der Waals surface area contributed by atoms with E-state index in [4.69, 9.17) is 0 Å². The van der Waals surface area contributed by atoms with Crippen molar-refractivity contribution in [3.05, 3.63) is 0 Å². The molecule has 0 aromatic carbocycles. The van der Waals surface area contributed by atoms with Gasteiger partial charge in [0.25, 0.3) is 0 Å². The first-order chi connectivity index (χ1) is 6.66. The Morgan fingerprint density at radius 1 is 1.33 bits per heavy atom. The predicted molar refractivity (Wildman–Crippen MR) is 67.7 cm³/mol. The maximum Gasteiger partial charge on any atom is 0.200 e. The maximum absolute atomic E-state index is 11.8. The van der Waals surface area contributed by atoms with Crippen LogP contribution in [0.2, 0.25) is 0 Å². The first-order valence-corrected chi connectivity index (χ1v) is 8.00. The normalized spacial score (nSPS) is 18.5. The molecule has 2 unspecified atom stereocenters. The Morgan fingerprint density at radius 3 is 2.27 bits per heavy atom. The van der Waals surface area contributed by atoms with Gasteiger partial charge in [0.2, 0.25) is 7.37 Å². The van der Waals surface area contributed by atoms with Crippen LogP contribution in [0, 0.1) is 11.3 Å². The molecule has 0 aliphatic heterocycles. The lowest BCUT2D eigenvalue weighted by Gasteiger charge is -2.24. The molecule has 1 N–H and O–H groups in total. The number of rotatable bonds is 6. The average molecular weight is 234 g/mol. The van der Waals surface area contributed by atoms with Gasteiger partial charge in [-0.15, -0.1) is 0 Å². The molecule has 0 rings (SSSR count). The highest BCUT2D eigenvalue weighted by atomic mass is 31.2. The van der Waals surface area contributed by atoms with Crippen molar-refractivity contribution >= 4 is 7.37 Å². The molecule has 2 atom stereocenters. The van der Waals surface area contributed by atoms with Crippen molar-refractivity contribution in [1.29, 1.82) is 0 Å². The third kappa shape index (κ3) is 9.14. The van der Waals surface area contributed by atoms with Crippen molar-refractivity contribution in [3.8, 4) is 0 Å². The number of hydrogen-bond acceptors (Lipinski definition) is 1. The fourth-order valence-corrected chi connectivity index (χ4v) is 4.19. The van der Waals surface area contributed by atoms with Crippen LogP contribution in [-0.4, -0.2) is 17.2 Å². The van der Waals surface area contributed by atoms with Crippen LogP contribution in [0.3, 0.4) is 0 Å². The monoisotopic (exact) mass is 234 g/mol. The molecule has 0 spiro atoms. The summed E-state index contributed by atoms with van der Waals surface area (Å²) in [4.78, 5) is 9.77. The van der Waals surface area contributed by atoms with Crippen LogP contribution in [0.4, 0.5) is 0 Å². The second-order valence-corrected chi connectivity index (χ2v) is 8.48. The average Bonchev–Trinajstić information content (AvgIpc) is 1.95. The Kier molecular flexibility index (Phi) is 6.13. The van der Waals surface area contributed by atoms with Crippen molar-refractivity contribution in [1.82, 2.24) is 0 Å². The highest BCUT2D eigenvalue weighted by Crippen LogP contribution is 2.45. The molecule has 0 aliphatic rings. The van der Waals surface area contributed by atoms with Gasteiger partial charge in [0.15, 0.2) is 0 Å². The van der Waals surface area contributed by atoms with Crippen molar-refractivity contribution < 1.29 is 9.46 Å². The molecule has 0 saturated carbocycles. The van der Waals surface area contributed by atoms with E-state index in [2.05, 4.69) is 34.6 Å². The molecule has 0 aliphatic carbocycles. The molecule has 92 valence electrons. The van der Waals surface area contributed by atoms with Gasteiger partial charge in [-0.2, -0.15) is 0 Å². The van der Waals surface area contributed by atoms with E-state index in [1.807, 2.05) is 0 Å². The second-order valence-electron chi connectivity index (χ2n) is 5.98. The van der Waals surface area contributed by atoms with Gasteiger partial charge in [0, 0.05) is 12.3 Å². The lowest BCUT2D eigenvalue weighted by atomic mass is 9.86. The third-order valence-electron chi connectivity index (χ3n) is 2.42. The van der Waals surface area contributed by atoms with E-state index < -0.39 is 7.37 Å². The quantitative estimate of drug-likeness (QED) is 0.702. The van der Waals surface area contributed by atoms with E-state index in [9.17, 15) is 9.46 Å². The summed E-state index contributed by atoms with van der Waals surface area (Å²) in [6.07, 6.45) is 3.88. The molecule has 0 heterocycles. The smallest absolute Gasteiger partial charge is 0.200 e. The third-order valence-corrected chi connectivity index (χ3v) is 4.63. The van der Waals surface area contributed by atoms with Gasteiger partial charge in [0.1, 0.15) is 0 Å². The van der Waals surface area contributed by atoms with Crippen molar-refractivity contribution in [2.24, 2.45) is 11.3 Å². The summed E-state index contributed by atoms with van der Waals surface area (Å²) in [5.74, 6) is 0.345. The molecule has 0 amide bonds.